The molecule has 0 saturated carbocycles. The lowest BCUT2D eigenvalue weighted by molar-refractivity contribution is 0.0944. The van der Waals surface area contributed by atoms with Gasteiger partial charge in [-0.25, -0.2) is 0 Å². The lowest BCUT2D eigenvalue weighted by Crippen LogP contribution is -2.06. The van der Waals surface area contributed by atoms with E-state index in [1.807, 2.05) is 19.1 Å². The average Bonchev–Trinajstić information content (AvgIpc) is 2.83. The number of pyridine rings is 1. The molecule has 1 N–H and O–H groups in total. The van der Waals surface area contributed by atoms with Crippen LogP contribution in [0.4, 0.5) is 0 Å². The third kappa shape index (κ3) is 3.79. The largest absolute Gasteiger partial charge is 0.388 e. The summed E-state index contributed by atoms with van der Waals surface area (Å²) in [6.45, 7) is 2.86. The van der Waals surface area contributed by atoms with Gasteiger partial charge in [0.1, 0.15) is 0 Å². The molecule has 94 valence electrons. The quantitative estimate of drug-likeness (QED) is 0.853. The van der Waals surface area contributed by atoms with Crippen LogP contribution in [0.5, 0.6) is 0 Å². The molecule has 0 amide bonds. The van der Waals surface area contributed by atoms with Crippen molar-refractivity contribution in [1.29, 1.82) is 0 Å². The van der Waals surface area contributed by atoms with Crippen LogP contribution >= 0.6 is 0 Å². The molecule has 0 aliphatic carbocycles. The van der Waals surface area contributed by atoms with E-state index in [4.69, 9.17) is 4.74 Å². The standard InChI is InChI=1S/C14H21NO2/c1-11-7-8-12(10-15-11)14(16)6-2-4-13-5-3-9-17-13/h7-8,10,13-14,16H,2-6,9H2,1H3. The highest BCUT2D eigenvalue weighted by atomic mass is 16.5. The van der Waals surface area contributed by atoms with Gasteiger partial charge in [0.2, 0.25) is 0 Å². The minimum atomic E-state index is -0.385. The summed E-state index contributed by atoms with van der Waals surface area (Å²) in [4.78, 5) is 4.20. The Hall–Kier alpha value is -0.930. The Balaban J connectivity index is 1.72. The molecular formula is C14H21NO2. The Morgan fingerprint density at radius 3 is 3.06 bits per heavy atom. The van der Waals surface area contributed by atoms with Gasteiger partial charge < -0.3 is 9.84 Å². The highest BCUT2D eigenvalue weighted by molar-refractivity contribution is 5.15. The number of aromatic nitrogens is 1. The van der Waals surface area contributed by atoms with E-state index in [2.05, 4.69) is 4.98 Å². The van der Waals surface area contributed by atoms with Gasteiger partial charge in [-0.3, -0.25) is 4.98 Å². The zero-order valence-corrected chi connectivity index (χ0v) is 10.4. The van der Waals surface area contributed by atoms with Crippen molar-refractivity contribution in [3.8, 4) is 0 Å². The Labute approximate surface area is 103 Å². The van der Waals surface area contributed by atoms with Crippen LogP contribution in [0.2, 0.25) is 0 Å². The van der Waals surface area contributed by atoms with E-state index < -0.39 is 0 Å². The highest BCUT2D eigenvalue weighted by Crippen LogP contribution is 2.22. The zero-order valence-electron chi connectivity index (χ0n) is 10.4. The molecule has 2 heterocycles. The van der Waals surface area contributed by atoms with E-state index in [1.54, 1.807) is 6.20 Å². The monoisotopic (exact) mass is 235 g/mol. The first-order valence-corrected chi connectivity index (χ1v) is 6.48. The number of ether oxygens (including phenoxy) is 1. The first-order chi connectivity index (χ1) is 8.25. The number of hydrogen-bond donors (Lipinski definition) is 1. The van der Waals surface area contributed by atoms with E-state index >= 15 is 0 Å². The molecule has 2 unspecified atom stereocenters. The summed E-state index contributed by atoms with van der Waals surface area (Å²) in [5.41, 5.74) is 1.91. The average molecular weight is 235 g/mol. The predicted molar refractivity (Wildman–Crippen MR) is 66.8 cm³/mol. The molecule has 1 aliphatic heterocycles. The summed E-state index contributed by atoms with van der Waals surface area (Å²) in [7, 11) is 0. The molecule has 2 atom stereocenters. The van der Waals surface area contributed by atoms with E-state index in [0.717, 1.165) is 37.1 Å². The SMILES string of the molecule is Cc1ccc(C(O)CCCC2CCCO2)cn1. The lowest BCUT2D eigenvalue weighted by Gasteiger charge is -2.13. The van der Waals surface area contributed by atoms with Crippen LogP contribution in [-0.4, -0.2) is 22.8 Å². The second-order valence-corrected chi connectivity index (χ2v) is 4.81. The molecule has 1 saturated heterocycles. The fraction of sp³-hybridized carbons (Fsp3) is 0.643. The second kappa shape index (κ2) is 6.12. The molecule has 3 nitrogen and oxygen atoms in total. The molecule has 2 rings (SSSR count). The molecule has 1 aromatic rings. The van der Waals surface area contributed by atoms with Crippen molar-refractivity contribution in [3.05, 3.63) is 29.6 Å². The topological polar surface area (TPSA) is 42.4 Å². The lowest BCUT2D eigenvalue weighted by atomic mass is 10.0. The first-order valence-electron chi connectivity index (χ1n) is 6.48. The second-order valence-electron chi connectivity index (χ2n) is 4.81. The molecule has 3 heteroatoms. The van der Waals surface area contributed by atoms with Gasteiger partial charge in [-0.05, 0) is 50.7 Å². The third-order valence-corrected chi connectivity index (χ3v) is 3.35. The van der Waals surface area contributed by atoms with Crippen LogP contribution < -0.4 is 0 Å². The van der Waals surface area contributed by atoms with Crippen molar-refractivity contribution in [2.45, 2.75) is 51.2 Å². The summed E-state index contributed by atoms with van der Waals surface area (Å²) in [5.74, 6) is 0. The summed E-state index contributed by atoms with van der Waals surface area (Å²) in [6, 6.07) is 3.90. The molecular weight excluding hydrogens is 214 g/mol. The molecule has 1 fully saturated rings. The van der Waals surface area contributed by atoms with Gasteiger partial charge in [0.05, 0.1) is 12.2 Å². The van der Waals surface area contributed by atoms with Gasteiger partial charge in [0.15, 0.2) is 0 Å². The van der Waals surface area contributed by atoms with Gasteiger partial charge in [0.25, 0.3) is 0 Å². The molecule has 0 radical (unpaired) electrons. The van der Waals surface area contributed by atoms with Crippen molar-refractivity contribution in [3.63, 3.8) is 0 Å². The van der Waals surface area contributed by atoms with Gasteiger partial charge in [-0.1, -0.05) is 6.07 Å². The smallest absolute Gasteiger partial charge is 0.0804 e. The van der Waals surface area contributed by atoms with Gasteiger partial charge >= 0.3 is 0 Å². The summed E-state index contributed by atoms with van der Waals surface area (Å²) >= 11 is 0. The van der Waals surface area contributed by atoms with Crippen molar-refractivity contribution in [2.24, 2.45) is 0 Å². The van der Waals surface area contributed by atoms with Crippen LogP contribution in [-0.2, 0) is 4.74 Å². The van der Waals surface area contributed by atoms with Crippen LogP contribution in [0.1, 0.15) is 49.5 Å². The van der Waals surface area contributed by atoms with Crippen molar-refractivity contribution < 1.29 is 9.84 Å². The van der Waals surface area contributed by atoms with Gasteiger partial charge in [-0.2, -0.15) is 0 Å². The van der Waals surface area contributed by atoms with Crippen LogP contribution in [0.3, 0.4) is 0 Å². The minimum absolute atomic E-state index is 0.385. The normalized spacial score (nSPS) is 21.6. The predicted octanol–water partition coefficient (Wildman–Crippen LogP) is 2.77. The molecule has 1 aliphatic rings. The van der Waals surface area contributed by atoms with E-state index in [1.165, 1.54) is 12.8 Å². The highest BCUT2D eigenvalue weighted by Gasteiger charge is 2.16. The van der Waals surface area contributed by atoms with E-state index in [-0.39, 0.29) is 6.10 Å². The van der Waals surface area contributed by atoms with Gasteiger partial charge in [0, 0.05) is 18.5 Å². The number of hydrogen-bond acceptors (Lipinski definition) is 3. The van der Waals surface area contributed by atoms with E-state index in [0.29, 0.717) is 6.10 Å². The van der Waals surface area contributed by atoms with Crippen molar-refractivity contribution in [2.75, 3.05) is 6.61 Å². The summed E-state index contributed by atoms with van der Waals surface area (Å²) in [6.07, 6.45) is 7.06. The molecule has 0 bridgehead atoms. The summed E-state index contributed by atoms with van der Waals surface area (Å²) in [5, 5.41) is 10.0. The number of nitrogens with zero attached hydrogens (tertiary/aromatic N) is 1. The third-order valence-electron chi connectivity index (χ3n) is 3.35. The molecule has 0 spiro atoms. The minimum Gasteiger partial charge on any atom is -0.388 e. The maximum absolute atomic E-state index is 10.0. The number of aryl methyl sites for hydroxylation is 1. The maximum Gasteiger partial charge on any atom is 0.0804 e. The Morgan fingerprint density at radius 2 is 2.41 bits per heavy atom. The van der Waals surface area contributed by atoms with Gasteiger partial charge in [-0.15, -0.1) is 0 Å². The Morgan fingerprint density at radius 1 is 1.53 bits per heavy atom. The summed E-state index contributed by atoms with van der Waals surface area (Å²) < 4.78 is 5.56. The van der Waals surface area contributed by atoms with E-state index in [9.17, 15) is 5.11 Å². The van der Waals surface area contributed by atoms with Crippen LogP contribution in [0, 0.1) is 6.92 Å². The number of aliphatic hydroxyl groups excluding tert-OH is 1. The fourth-order valence-corrected chi connectivity index (χ4v) is 2.25. The molecule has 17 heavy (non-hydrogen) atoms. The van der Waals surface area contributed by atoms with Crippen LogP contribution in [0.15, 0.2) is 18.3 Å². The van der Waals surface area contributed by atoms with Crippen molar-refractivity contribution in [1.82, 2.24) is 4.98 Å². The first kappa shape index (κ1) is 12.5. The van der Waals surface area contributed by atoms with Crippen molar-refractivity contribution >= 4 is 0 Å². The Bertz CT molecular complexity index is 331. The fourth-order valence-electron chi connectivity index (χ4n) is 2.25. The zero-order chi connectivity index (χ0) is 12.1. The van der Waals surface area contributed by atoms with Crippen LogP contribution in [0.25, 0.3) is 0 Å². The molecule has 0 aromatic carbocycles. The number of aliphatic hydroxyl groups is 1. The maximum atomic E-state index is 10.0. The Kier molecular flexibility index (Phi) is 4.51. The number of rotatable bonds is 5. The molecule has 1 aromatic heterocycles.